The van der Waals surface area contributed by atoms with Gasteiger partial charge in [0.05, 0.1) is 0 Å². The number of anilines is 1. The van der Waals surface area contributed by atoms with Crippen molar-refractivity contribution in [2.45, 2.75) is 44.7 Å². The molecule has 1 aliphatic carbocycles. The van der Waals surface area contributed by atoms with Crippen molar-refractivity contribution in [3.63, 3.8) is 0 Å². The molecule has 2 aliphatic rings. The van der Waals surface area contributed by atoms with Crippen LogP contribution in [0.2, 0.25) is 5.02 Å². The Morgan fingerprint density at radius 2 is 1.90 bits per heavy atom. The van der Waals surface area contributed by atoms with Crippen molar-refractivity contribution in [2.75, 3.05) is 4.90 Å². The Kier molecular flexibility index (Phi) is 3.53. The molecular weight excluding hydrogens is 286 g/mol. The molecule has 1 heterocycles. The summed E-state index contributed by atoms with van der Waals surface area (Å²) in [4.78, 5) is 10.8. The van der Waals surface area contributed by atoms with E-state index in [0.29, 0.717) is 11.0 Å². The fraction of sp³-hybridized carbons (Fsp3) is 0.467. The molecular formula is C15H20ClN5. The first-order valence-corrected chi connectivity index (χ1v) is 7.65. The predicted octanol–water partition coefficient (Wildman–Crippen LogP) is 2.76. The summed E-state index contributed by atoms with van der Waals surface area (Å²) in [6.45, 7) is 1.98. The summed E-state index contributed by atoms with van der Waals surface area (Å²) in [6.07, 6.45) is 5.29. The van der Waals surface area contributed by atoms with E-state index in [1.165, 1.54) is 6.42 Å². The van der Waals surface area contributed by atoms with Crippen LogP contribution >= 0.6 is 11.6 Å². The topological polar surface area (TPSA) is 80.0 Å². The summed E-state index contributed by atoms with van der Waals surface area (Å²) in [5, 5.41) is 0.716. The molecule has 0 radical (unpaired) electrons. The summed E-state index contributed by atoms with van der Waals surface area (Å²) < 4.78 is 0. The van der Waals surface area contributed by atoms with Gasteiger partial charge < -0.3 is 11.5 Å². The molecule has 5 nitrogen and oxygen atoms in total. The van der Waals surface area contributed by atoms with E-state index in [-0.39, 0.29) is 5.96 Å². The Hall–Kier alpha value is -1.75. The summed E-state index contributed by atoms with van der Waals surface area (Å²) in [6, 6.07) is 5.92. The second kappa shape index (κ2) is 5.22. The average Bonchev–Trinajstić information content (AvgIpc) is 2.42. The molecule has 0 saturated heterocycles. The number of aliphatic imine (C=N–C) groups is 2. The summed E-state index contributed by atoms with van der Waals surface area (Å²) >= 11 is 6.27. The Morgan fingerprint density at radius 1 is 1.19 bits per heavy atom. The first kappa shape index (κ1) is 14.2. The van der Waals surface area contributed by atoms with Gasteiger partial charge in [0.2, 0.25) is 11.9 Å². The van der Waals surface area contributed by atoms with Gasteiger partial charge in [-0.25, -0.2) is 4.99 Å². The fourth-order valence-corrected chi connectivity index (χ4v) is 3.39. The molecule has 0 bridgehead atoms. The number of aryl methyl sites for hydroxylation is 1. The third kappa shape index (κ3) is 2.46. The van der Waals surface area contributed by atoms with E-state index < -0.39 is 5.66 Å². The van der Waals surface area contributed by atoms with Gasteiger partial charge in [0.1, 0.15) is 5.66 Å². The fourth-order valence-electron chi connectivity index (χ4n) is 3.22. The first-order valence-electron chi connectivity index (χ1n) is 7.28. The highest BCUT2D eigenvalue weighted by Crippen LogP contribution is 2.40. The maximum Gasteiger partial charge on any atom is 0.220 e. The molecule has 3 rings (SSSR count). The van der Waals surface area contributed by atoms with Crippen LogP contribution in [0, 0.1) is 6.92 Å². The van der Waals surface area contributed by atoms with Crippen LogP contribution in [0.1, 0.15) is 37.7 Å². The zero-order valence-electron chi connectivity index (χ0n) is 12.1. The molecule has 1 fully saturated rings. The zero-order chi connectivity index (χ0) is 15.0. The Bertz CT molecular complexity index is 616. The van der Waals surface area contributed by atoms with E-state index >= 15 is 0 Å². The molecule has 1 aromatic rings. The predicted molar refractivity (Wildman–Crippen MR) is 87.7 cm³/mol. The van der Waals surface area contributed by atoms with Crippen LogP contribution in [0.4, 0.5) is 5.69 Å². The maximum atomic E-state index is 6.27. The van der Waals surface area contributed by atoms with Crippen molar-refractivity contribution in [3.05, 3.63) is 28.8 Å². The SMILES string of the molecule is Cc1ccc(N2C(N)=NC(N)=NC23CCCCC3)cc1Cl. The normalized spacial score (nSPS) is 21.1. The van der Waals surface area contributed by atoms with Crippen LogP contribution in [0.25, 0.3) is 0 Å². The monoisotopic (exact) mass is 305 g/mol. The van der Waals surface area contributed by atoms with Crippen molar-refractivity contribution in [3.8, 4) is 0 Å². The smallest absolute Gasteiger partial charge is 0.220 e. The number of nitrogens with two attached hydrogens (primary N) is 2. The van der Waals surface area contributed by atoms with Gasteiger partial charge >= 0.3 is 0 Å². The van der Waals surface area contributed by atoms with Crippen molar-refractivity contribution >= 4 is 29.2 Å². The minimum atomic E-state index is -0.410. The Balaban J connectivity index is 2.08. The van der Waals surface area contributed by atoms with E-state index in [9.17, 15) is 0 Å². The van der Waals surface area contributed by atoms with Crippen LogP contribution in [0.15, 0.2) is 28.2 Å². The minimum absolute atomic E-state index is 0.267. The molecule has 0 atom stereocenters. The van der Waals surface area contributed by atoms with Crippen LogP contribution in [-0.2, 0) is 0 Å². The lowest BCUT2D eigenvalue weighted by Crippen LogP contribution is -2.58. The number of rotatable bonds is 1. The largest absolute Gasteiger partial charge is 0.369 e. The van der Waals surface area contributed by atoms with Crippen LogP contribution < -0.4 is 16.4 Å². The molecule has 1 aromatic carbocycles. The van der Waals surface area contributed by atoms with E-state index in [2.05, 4.69) is 9.98 Å². The molecule has 21 heavy (non-hydrogen) atoms. The van der Waals surface area contributed by atoms with Gasteiger partial charge in [-0.05, 0) is 50.3 Å². The number of halogens is 1. The molecule has 0 amide bonds. The van der Waals surface area contributed by atoms with Gasteiger partial charge in [0, 0.05) is 10.7 Å². The van der Waals surface area contributed by atoms with E-state index in [4.69, 9.17) is 23.1 Å². The Morgan fingerprint density at radius 3 is 2.57 bits per heavy atom. The average molecular weight is 306 g/mol. The quantitative estimate of drug-likeness (QED) is 0.837. The van der Waals surface area contributed by atoms with Crippen molar-refractivity contribution < 1.29 is 0 Å². The standard InChI is InChI=1S/C15H20ClN5/c1-10-5-6-11(9-12(10)16)21-14(18)19-13(17)20-15(21)7-3-2-4-8-15/h5-6,9H,2-4,7-8H2,1H3,(H4,17,18,19,20). The molecule has 4 N–H and O–H groups in total. The minimum Gasteiger partial charge on any atom is -0.369 e. The maximum absolute atomic E-state index is 6.27. The molecule has 112 valence electrons. The van der Waals surface area contributed by atoms with Gasteiger partial charge in [0.25, 0.3) is 0 Å². The van der Waals surface area contributed by atoms with Gasteiger partial charge in [-0.2, -0.15) is 4.99 Å². The lowest BCUT2D eigenvalue weighted by Gasteiger charge is -2.45. The van der Waals surface area contributed by atoms with Gasteiger partial charge in [-0.15, -0.1) is 0 Å². The summed E-state index contributed by atoms with van der Waals surface area (Å²) in [5.41, 5.74) is 13.6. The van der Waals surface area contributed by atoms with Crippen LogP contribution in [-0.4, -0.2) is 17.6 Å². The molecule has 1 saturated carbocycles. The summed E-state index contributed by atoms with van der Waals surface area (Å²) in [5.74, 6) is 0.660. The van der Waals surface area contributed by atoms with Crippen LogP contribution in [0.3, 0.4) is 0 Å². The van der Waals surface area contributed by atoms with Crippen LogP contribution in [0.5, 0.6) is 0 Å². The highest BCUT2D eigenvalue weighted by molar-refractivity contribution is 6.31. The third-order valence-electron chi connectivity index (χ3n) is 4.27. The second-order valence-electron chi connectivity index (χ2n) is 5.75. The van der Waals surface area contributed by atoms with Gasteiger partial charge in [-0.3, -0.25) is 4.90 Å². The van der Waals surface area contributed by atoms with E-state index in [1.807, 2.05) is 30.0 Å². The Labute approximate surface area is 129 Å². The van der Waals surface area contributed by atoms with E-state index in [1.54, 1.807) is 0 Å². The zero-order valence-corrected chi connectivity index (χ0v) is 12.9. The lowest BCUT2D eigenvalue weighted by molar-refractivity contribution is 0.305. The number of guanidine groups is 2. The van der Waals surface area contributed by atoms with Crippen molar-refractivity contribution in [1.29, 1.82) is 0 Å². The molecule has 1 aliphatic heterocycles. The molecule has 0 aromatic heterocycles. The highest BCUT2D eigenvalue weighted by atomic mass is 35.5. The van der Waals surface area contributed by atoms with Gasteiger partial charge in [-0.1, -0.05) is 24.1 Å². The van der Waals surface area contributed by atoms with Crippen molar-refractivity contribution in [2.24, 2.45) is 21.5 Å². The third-order valence-corrected chi connectivity index (χ3v) is 4.67. The lowest BCUT2D eigenvalue weighted by atomic mass is 9.87. The number of hydrogen-bond donors (Lipinski definition) is 2. The number of benzene rings is 1. The molecule has 0 unspecified atom stereocenters. The van der Waals surface area contributed by atoms with Gasteiger partial charge in [0.15, 0.2) is 0 Å². The van der Waals surface area contributed by atoms with Crippen molar-refractivity contribution in [1.82, 2.24) is 0 Å². The van der Waals surface area contributed by atoms with E-state index in [0.717, 1.165) is 36.9 Å². The second-order valence-corrected chi connectivity index (χ2v) is 6.16. The highest BCUT2D eigenvalue weighted by Gasteiger charge is 2.42. The summed E-state index contributed by atoms with van der Waals surface area (Å²) in [7, 11) is 0. The number of hydrogen-bond acceptors (Lipinski definition) is 5. The first-order chi connectivity index (χ1) is 10.0. The molecule has 6 heteroatoms. The molecule has 1 spiro atoms. The number of nitrogens with zero attached hydrogens (tertiary/aromatic N) is 3.